The lowest BCUT2D eigenvalue weighted by atomic mass is 10.2. The monoisotopic (exact) mass is 372 g/mol. The molecule has 1 saturated heterocycles. The summed E-state index contributed by atoms with van der Waals surface area (Å²) in [6.45, 7) is 0.437. The van der Waals surface area contributed by atoms with Crippen LogP contribution in [0.3, 0.4) is 0 Å². The van der Waals surface area contributed by atoms with Gasteiger partial charge < -0.3 is 10.5 Å². The van der Waals surface area contributed by atoms with Crippen molar-refractivity contribution in [2.45, 2.75) is 25.0 Å². The van der Waals surface area contributed by atoms with Crippen molar-refractivity contribution in [3.8, 4) is 5.69 Å². The first kappa shape index (κ1) is 18.4. The smallest absolute Gasteiger partial charge is 0.255 e. The van der Waals surface area contributed by atoms with Crippen LogP contribution < -0.4 is 11.1 Å². The molecule has 136 valence electrons. The Morgan fingerprint density at radius 2 is 1.88 bits per heavy atom. The molecule has 0 bridgehead atoms. The molecular formula is C19H21ClN4O2. The van der Waals surface area contributed by atoms with Crippen molar-refractivity contribution in [2.75, 3.05) is 11.9 Å². The third kappa shape index (κ3) is 3.44. The van der Waals surface area contributed by atoms with Gasteiger partial charge in [-0.3, -0.25) is 14.7 Å². The van der Waals surface area contributed by atoms with Crippen molar-refractivity contribution in [3.05, 3.63) is 54.6 Å². The molecule has 1 aliphatic rings. The van der Waals surface area contributed by atoms with Crippen molar-refractivity contribution in [2.24, 2.45) is 5.73 Å². The SMILES string of the molecule is Cl.NC[C@H]1CC[C@@H](C(=O)Nc2nc3ccccc3n2-c2ccccc2)O1. The maximum absolute atomic E-state index is 12.6. The maximum atomic E-state index is 12.6. The highest BCUT2D eigenvalue weighted by molar-refractivity contribution is 5.95. The first-order valence-electron chi connectivity index (χ1n) is 8.45. The van der Waals surface area contributed by atoms with Crippen LogP contribution in [-0.4, -0.2) is 34.2 Å². The van der Waals surface area contributed by atoms with E-state index >= 15 is 0 Å². The van der Waals surface area contributed by atoms with Crippen LogP contribution in [0.15, 0.2) is 54.6 Å². The number of carbonyl (C=O) groups excluding carboxylic acids is 1. The van der Waals surface area contributed by atoms with Gasteiger partial charge in [-0.2, -0.15) is 0 Å². The van der Waals surface area contributed by atoms with Gasteiger partial charge in [0.2, 0.25) is 5.95 Å². The Hall–Kier alpha value is -2.41. The highest BCUT2D eigenvalue weighted by Gasteiger charge is 2.30. The summed E-state index contributed by atoms with van der Waals surface area (Å²) in [7, 11) is 0. The Kier molecular flexibility index (Phi) is 5.56. The number of benzene rings is 2. The molecule has 6 nitrogen and oxygen atoms in total. The maximum Gasteiger partial charge on any atom is 0.255 e. The zero-order chi connectivity index (χ0) is 17.2. The number of halogens is 1. The largest absolute Gasteiger partial charge is 0.364 e. The number of rotatable bonds is 4. The standard InChI is InChI=1S/C19H20N4O2.ClH/c20-12-14-10-11-17(25-14)18(24)22-19-21-15-8-4-5-9-16(15)23(19)13-6-2-1-3-7-13;/h1-9,14,17H,10-12,20H2,(H,21,22,24);1H/t14-,17+;/m1./s1. The number of para-hydroxylation sites is 3. The molecule has 2 atom stereocenters. The zero-order valence-corrected chi connectivity index (χ0v) is 15.0. The second-order valence-corrected chi connectivity index (χ2v) is 6.14. The molecule has 0 aliphatic carbocycles. The number of fused-ring (bicyclic) bond motifs is 1. The lowest BCUT2D eigenvalue weighted by molar-refractivity contribution is -0.126. The number of anilines is 1. The van der Waals surface area contributed by atoms with E-state index in [0.717, 1.165) is 23.1 Å². The molecule has 3 N–H and O–H groups in total. The molecule has 4 rings (SSSR count). The first-order chi connectivity index (χ1) is 12.3. The Morgan fingerprint density at radius 1 is 1.15 bits per heavy atom. The zero-order valence-electron chi connectivity index (χ0n) is 14.2. The van der Waals surface area contributed by atoms with Crippen molar-refractivity contribution >= 4 is 35.3 Å². The fraction of sp³-hybridized carbons (Fsp3) is 0.263. The average molecular weight is 373 g/mol. The number of ether oxygens (including phenoxy) is 1. The molecule has 1 aromatic heterocycles. The summed E-state index contributed by atoms with van der Waals surface area (Å²) in [6, 6.07) is 17.7. The van der Waals surface area contributed by atoms with E-state index < -0.39 is 6.10 Å². The number of aromatic nitrogens is 2. The van der Waals surface area contributed by atoms with E-state index in [1.165, 1.54) is 0 Å². The number of nitrogens with zero attached hydrogens (tertiary/aromatic N) is 2. The summed E-state index contributed by atoms with van der Waals surface area (Å²) in [5, 5.41) is 2.93. The van der Waals surface area contributed by atoms with Gasteiger partial charge in [0.1, 0.15) is 6.10 Å². The molecule has 7 heteroatoms. The summed E-state index contributed by atoms with van der Waals surface area (Å²) >= 11 is 0. The lowest BCUT2D eigenvalue weighted by Crippen LogP contribution is -2.30. The van der Waals surface area contributed by atoms with E-state index in [-0.39, 0.29) is 24.4 Å². The molecule has 0 saturated carbocycles. The highest BCUT2D eigenvalue weighted by Crippen LogP contribution is 2.26. The molecule has 3 aromatic rings. The minimum absolute atomic E-state index is 0. The van der Waals surface area contributed by atoms with Gasteiger partial charge in [0, 0.05) is 12.2 Å². The van der Waals surface area contributed by atoms with Crippen LogP contribution in [0.25, 0.3) is 16.7 Å². The van der Waals surface area contributed by atoms with Gasteiger partial charge >= 0.3 is 0 Å². The van der Waals surface area contributed by atoms with Gasteiger partial charge in [0.25, 0.3) is 5.91 Å². The van der Waals surface area contributed by atoms with Crippen LogP contribution in [0.2, 0.25) is 0 Å². The number of hydrogen-bond donors (Lipinski definition) is 2. The van der Waals surface area contributed by atoms with Crippen LogP contribution in [0.1, 0.15) is 12.8 Å². The minimum atomic E-state index is -0.474. The molecule has 1 fully saturated rings. The summed E-state index contributed by atoms with van der Waals surface area (Å²) in [5.41, 5.74) is 8.34. The van der Waals surface area contributed by atoms with Crippen molar-refractivity contribution in [1.82, 2.24) is 9.55 Å². The quantitative estimate of drug-likeness (QED) is 0.737. The molecule has 0 radical (unpaired) electrons. The molecule has 2 heterocycles. The van der Waals surface area contributed by atoms with Gasteiger partial charge in [-0.25, -0.2) is 4.98 Å². The molecule has 2 aromatic carbocycles. The van der Waals surface area contributed by atoms with E-state index in [0.29, 0.717) is 18.9 Å². The van der Waals surface area contributed by atoms with Crippen molar-refractivity contribution < 1.29 is 9.53 Å². The Balaban J connectivity index is 0.00000196. The van der Waals surface area contributed by atoms with Crippen LogP contribution in [-0.2, 0) is 9.53 Å². The summed E-state index contributed by atoms with van der Waals surface area (Å²) < 4.78 is 7.64. The third-order valence-electron chi connectivity index (χ3n) is 4.47. The Morgan fingerprint density at radius 3 is 2.62 bits per heavy atom. The van der Waals surface area contributed by atoms with Gasteiger partial charge in [0.15, 0.2) is 0 Å². The number of carbonyl (C=O) groups is 1. The van der Waals surface area contributed by atoms with Gasteiger partial charge in [-0.15, -0.1) is 12.4 Å². The summed E-state index contributed by atoms with van der Waals surface area (Å²) in [4.78, 5) is 17.2. The average Bonchev–Trinajstić information content (AvgIpc) is 3.26. The van der Waals surface area contributed by atoms with E-state index in [1.54, 1.807) is 0 Å². The van der Waals surface area contributed by atoms with E-state index in [4.69, 9.17) is 10.5 Å². The van der Waals surface area contributed by atoms with Crippen molar-refractivity contribution in [3.63, 3.8) is 0 Å². The Labute approximate surface area is 157 Å². The van der Waals surface area contributed by atoms with E-state index in [1.807, 2.05) is 59.2 Å². The second-order valence-electron chi connectivity index (χ2n) is 6.14. The summed E-state index contributed by atoms with van der Waals surface area (Å²) in [6.07, 6.45) is 0.976. The first-order valence-corrected chi connectivity index (χ1v) is 8.45. The van der Waals surface area contributed by atoms with Gasteiger partial charge in [-0.1, -0.05) is 30.3 Å². The number of nitrogens with one attached hydrogen (secondary N) is 1. The number of hydrogen-bond acceptors (Lipinski definition) is 4. The predicted octanol–water partition coefficient (Wildman–Crippen LogP) is 2.89. The van der Waals surface area contributed by atoms with Crippen LogP contribution in [0, 0.1) is 0 Å². The van der Waals surface area contributed by atoms with Crippen LogP contribution in [0.5, 0.6) is 0 Å². The Bertz CT molecular complexity index is 897. The van der Waals surface area contributed by atoms with Crippen LogP contribution >= 0.6 is 12.4 Å². The number of nitrogens with two attached hydrogens (primary N) is 1. The fourth-order valence-corrected chi connectivity index (χ4v) is 3.21. The molecule has 26 heavy (non-hydrogen) atoms. The normalized spacial score (nSPS) is 19.3. The van der Waals surface area contributed by atoms with Gasteiger partial charge in [-0.05, 0) is 37.1 Å². The summed E-state index contributed by atoms with van der Waals surface area (Å²) in [5.74, 6) is 0.320. The molecule has 0 unspecified atom stereocenters. The van der Waals surface area contributed by atoms with Crippen molar-refractivity contribution in [1.29, 1.82) is 0 Å². The molecule has 1 amide bonds. The lowest BCUT2D eigenvalue weighted by Gasteiger charge is -2.14. The highest BCUT2D eigenvalue weighted by atomic mass is 35.5. The van der Waals surface area contributed by atoms with E-state index in [2.05, 4.69) is 10.3 Å². The van der Waals surface area contributed by atoms with E-state index in [9.17, 15) is 4.79 Å². The molecular weight excluding hydrogens is 352 g/mol. The fourth-order valence-electron chi connectivity index (χ4n) is 3.21. The predicted molar refractivity (Wildman–Crippen MR) is 104 cm³/mol. The molecule has 1 aliphatic heterocycles. The topological polar surface area (TPSA) is 82.2 Å². The number of amides is 1. The minimum Gasteiger partial charge on any atom is -0.364 e. The van der Waals surface area contributed by atoms with Crippen LogP contribution in [0.4, 0.5) is 5.95 Å². The third-order valence-corrected chi connectivity index (χ3v) is 4.47. The number of imidazole rings is 1. The molecule has 0 spiro atoms. The van der Waals surface area contributed by atoms with Gasteiger partial charge in [0.05, 0.1) is 17.1 Å². The second kappa shape index (κ2) is 7.86.